The van der Waals surface area contributed by atoms with Crippen LogP contribution in [-0.2, 0) is 30.9 Å². The number of benzene rings is 1. The summed E-state index contributed by atoms with van der Waals surface area (Å²) in [5.74, 6) is 0.113. The molecular weight excluding hydrogens is 366 g/mol. The van der Waals surface area contributed by atoms with Gasteiger partial charge in [0.05, 0.1) is 18.9 Å². The normalized spacial score (nSPS) is 17.6. The van der Waals surface area contributed by atoms with E-state index in [1.165, 1.54) is 11.3 Å². The molecule has 29 heavy (non-hydrogen) atoms. The van der Waals surface area contributed by atoms with Crippen LogP contribution >= 0.6 is 0 Å². The van der Waals surface area contributed by atoms with E-state index < -0.39 is 0 Å². The van der Waals surface area contributed by atoms with Crippen LogP contribution in [0, 0.1) is 0 Å². The third kappa shape index (κ3) is 3.45. The second-order valence-electron chi connectivity index (χ2n) is 7.84. The Balaban J connectivity index is 1.24. The van der Waals surface area contributed by atoms with Crippen molar-refractivity contribution in [3.8, 4) is 0 Å². The number of aromatic nitrogens is 3. The van der Waals surface area contributed by atoms with Crippen LogP contribution in [0.4, 0.5) is 0 Å². The number of H-pyrrole nitrogens is 1. The topological polar surface area (TPSA) is 66.4 Å². The molecule has 1 amide bonds. The minimum Gasteiger partial charge on any atom is -0.376 e. The zero-order valence-corrected chi connectivity index (χ0v) is 16.9. The lowest BCUT2D eigenvalue weighted by molar-refractivity contribution is 0.0624. The third-order valence-corrected chi connectivity index (χ3v) is 6.11. The van der Waals surface area contributed by atoms with Crippen LogP contribution in [0.1, 0.15) is 34.2 Å². The summed E-state index contributed by atoms with van der Waals surface area (Å²) >= 11 is 0. The molecule has 0 atom stereocenters. The first kappa shape index (κ1) is 18.4. The van der Waals surface area contributed by atoms with E-state index >= 15 is 0 Å². The number of hydrogen-bond acceptors (Lipinski definition) is 4. The highest BCUT2D eigenvalue weighted by Gasteiger charge is 2.26. The minimum absolute atomic E-state index is 0.113. The van der Waals surface area contributed by atoms with Crippen molar-refractivity contribution in [3.63, 3.8) is 0 Å². The first-order chi connectivity index (χ1) is 14.2. The minimum atomic E-state index is 0.113. The first-order valence-corrected chi connectivity index (χ1v) is 10.5. The van der Waals surface area contributed by atoms with E-state index in [9.17, 15) is 4.79 Å². The highest BCUT2D eigenvalue weighted by molar-refractivity contribution is 5.98. The Kier molecular flexibility index (Phi) is 4.85. The molecule has 5 rings (SSSR count). The van der Waals surface area contributed by atoms with Gasteiger partial charge < -0.3 is 14.6 Å². The molecule has 0 aliphatic carbocycles. The van der Waals surface area contributed by atoms with Crippen molar-refractivity contribution >= 4 is 16.8 Å². The molecule has 1 aromatic carbocycles. The Labute approximate surface area is 170 Å². The number of hydrogen-bond donors (Lipinski definition) is 1. The predicted molar refractivity (Wildman–Crippen MR) is 111 cm³/mol. The fraction of sp³-hybridized carbons (Fsp3) is 0.455. The zero-order chi connectivity index (χ0) is 19.8. The number of fused-ring (bicyclic) bond motifs is 2. The SMILES string of the molecule is CCn1nc(CN2CCN(C(=O)c3ccc4cc[nH]c4c3)CC2)c2c1CCOC2. The fourth-order valence-electron chi connectivity index (χ4n) is 4.45. The quantitative estimate of drug-likeness (QED) is 0.739. The van der Waals surface area contributed by atoms with E-state index in [0.29, 0.717) is 6.61 Å². The molecule has 2 aliphatic heterocycles. The Morgan fingerprint density at radius 2 is 2.07 bits per heavy atom. The second kappa shape index (κ2) is 7.65. The molecule has 4 heterocycles. The number of piperazine rings is 1. The maximum Gasteiger partial charge on any atom is 0.254 e. The van der Waals surface area contributed by atoms with Crippen molar-refractivity contribution in [3.05, 3.63) is 53.0 Å². The average Bonchev–Trinajstić information content (AvgIpc) is 3.38. The van der Waals surface area contributed by atoms with Gasteiger partial charge in [0.1, 0.15) is 0 Å². The summed E-state index contributed by atoms with van der Waals surface area (Å²) in [4.78, 5) is 20.5. The number of aryl methyl sites for hydroxylation is 1. The van der Waals surface area contributed by atoms with Crippen molar-refractivity contribution in [2.75, 3.05) is 32.8 Å². The van der Waals surface area contributed by atoms with Gasteiger partial charge in [0.15, 0.2) is 0 Å². The number of carbonyl (C=O) groups excluding carboxylic acids is 1. The molecule has 1 saturated heterocycles. The van der Waals surface area contributed by atoms with E-state index in [-0.39, 0.29) is 5.91 Å². The molecule has 1 fully saturated rings. The molecule has 2 aromatic heterocycles. The molecule has 3 aromatic rings. The Hall–Kier alpha value is -2.64. The van der Waals surface area contributed by atoms with E-state index in [1.807, 2.05) is 35.4 Å². The molecule has 0 unspecified atom stereocenters. The maximum atomic E-state index is 12.9. The van der Waals surface area contributed by atoms with Crippen LogP contribution in [0.25, 0.3) is 10.9 Å². The van der Waals surface area contributed by atoms with Crippen molar-refractivity contribution in [1.82, 2.24) is 24.6 Å². The third-order valence-electron chi connectivity index (χ3n) is 6.11. The van der Waals surface area contributed by atoms with Crippen LogP contribution in [0.2, 0.25) is 0 Å². The van der Waals surface area contributed by atoms with Gasteiger partial charge in [-0.05, 0) is 30.5 Å². The van der Waals surface area contributed by atoms with Crippen molar-refractivity contribution < 1.29 is 9.53 Å². The highest BCUT2D eigenvalue weighted by Crippen LogP contribution is 2.23. The van der Waals surface area contributed by atoms with Crippen molar-refractivity contribution in [2.24, 2.45) is 0 Å². The van der Waals surface area contributed by atoms with Gasteiger partial charge in [-0.15, -0.1) is 0 Å². The molecule has 0 saturated carbocycles. The summed E-state index contributed by atoms with van der Waals surface area (Å²) < 4.78 is 7.81. The molecule has 7 nitrogen and oxygen atoms in total. The van der Waals surface area contributed by atoms with Crippen LogP contribution < -0.4 is 0 Å². The van der Waals surface area contributed by atoms with Gasteiger partial charge in [-0.2, -0.15) is 5.10 Å². The van der Waals surface area contributed by atoms with Crippen LogP contribution in [-0.4, -0.2) is 63.3 Å². The summed E-state index contributed by atoms with van der Waals surface area (Å²) in [5.41, 5.74) is 5.51. The van der Waals surface area contributed by atoms with Gasteiger partial charge in [0, 0.05) is 74.2 Å². The lowest BCUT2D eigenvalue weighted by atomic mass is 10.1. The smallest absolute Gasteiger partial charge is 0.254 e. The number of carbonyl (C=O) groups is 1. The van der Waals surface area contributed by atoms with Crippen molar-refractivity contribution in [2.45, 2.75) is 33.0 Å². The van der Waals surface area contributed by atoms with Gasteiger partial charge in [-0.25, -0.2) is 0 Å². The number of rotatable bonds is 4. The number of ether oxygens (including phenoxy) is 1. The largest absolute Gasteiger partial charge is 0.376 e. The molecule has 0 spiro atoms. The second-order valence-corrected chi connectivity index (χ2v) is 7.84. The summed E-state index contributed by atoms with van der Waals surface area (Å²) in [7, 11) is 0. The van der Waals surface area contributed by atoms with Gasteiger partial charge >= 0.3 is 0 Å². The van der Waals surface area contributed by atoms with Crippen LogP contribution in [0.5, 0.6) is 0 Å². The lowest BCUT2D eigenvalue weighted by Crippen LogP contribution is -2.48. The predicted octanol–water partition coefficient (Wildman–Crippen LogP) is 2.42. The summed E-state index contributed by atoms with van der Waals surface area (Å²) in [5, 5.41) is 5.97. The fourth-order valence-corrected chi connectivity index (χ4v) is 4.45. The number of amides is 1. The molecule has 0 radical (unpaired) electrons. The number of aromatic amines is 1. The monoisotopic (exact) mass is 393 g/mol. The van der Waals surface area contributed by atoms with E-state index in [2.05, 4.69) is 21.5 Å². The standard InChI is InChI=1S/C22H27N5O2/c1-2-27-21-6-12-29-15-18(21)20(24-27)14-25-8-10-26(11-9-25)22(28)17-4-3-16-5-7-23-19(16)13-17/h3-5,7,13,23H,2,6,8-12,14-15H2,1H3. The van der Waals surface area contributed by atoms with Gasteiger partial charge in [-0.1, -0.05) is 6.07 Å². The van der Waals surface area contributed by atoms with E-state index in [1.54, 1.807) is 0 Å². The molecule has 2 aliphatic rings. The number of nitrogens with one attached hydrogen (secondary N) is 1. The molecule has 7 heteroatoms. The molecule has 0 bridgehead atoms. The molecule has 1 N–H and O–H groups in total. The zero-order valence-electron chi connectivity index (χ0n) is 16.9. The Morgan fingerprint density at radius 1 is 1.21 bits per heavy atom. The van der Waals surface area contributed by atoms with E-state index in [4.69, 9.17) is 9.84 Å². The van der Waals surface area contributed by atoms with Crippen molar-refractivity contribution in [1.29, 1.82) is 0 Å². The summed E-state index contributed by atoms with van der Waals surface area (Å²) in [6.45, 7) is 8.55. The number of nitrogens with zero attached hydrogens (tertiary/aromatic N) is 4. The van der Waals surface area contributed by atoms with Crippen LogP contribution in [0.15, 0.2) is 30.5 Å². The molecular formula is C22H27N5O2. The Morgan fingerprint density at radius 3 is 2.90 bits per heavy atom. The summed E-state index contributed by atoms with van der Waals surface area (Å²) in [6, 6.07) is 7.90. The average molecular weight is 393 g/mol. The van der Waals surface area contributed by atoms with Gasteiger partial charge in [0.2, 0.25) is 0 Å². The first-order valence-electron chi connectivity index (χ1n) is 10.5. The maximum absolute atomic E-state index is 12.9. The van der Waals surface area contributed by atoms with Gasteiger partial charge in [-0.3, -0.25) is 14.4 Å². The Bertz CT molecular complexity index is 1030. The highest BCUT2D eigenvalue weighted by atomic mass is 16.5. The molecule has 152 valence electrons. The summed E-state index contributed by atoms with van der Waals surface area (Å²) in [6.07, 6.45) is 2.85. The lowest BCUT2D eigenvalue weighted by Gasteiger charge is -2.34. The van der Waals surface area contributed by atoms with Gasteiger partial charge in [0.25, 0.3) is 5.91 Å². The van der Waals surface area contributed by atoms with E-state index in [0.717, 1.165) is 74.5 Å². The van der Waals surface area contributed by atoms with Crippen LogP contribution in [0.3, 0.4) is 0 Å².